The Morgan fingerprint density at radius 2 is 1.88 bits per heavy atom. The quantitative estimate of drug-likeness (QED) is 0.397. The smallest absolute Gasteiger partial charge is 0.352 e. The first-order valence-corrected chi connectivity index (χ1v) is 10.8. The van der Waals surface area contributed by atoms with Crippen LogP contribution in [0.25, 0.3) is 22.2 Å². The van der Waals surface area contributed by atoms with Gasteiger partial charge in [-0.1, -0.05) is 20.8 Å². The molecule has 1 unspecified atom stereocenters. The third kappa shape index (κ3) is 5.36. The zero-order valence-corrected chi connectivity index (χ0v) is 19.1. The second-order valence-electron chi connectivity index (χ2n) is 8.36. The molecule has 0 fully saturated rings. The number of carbonyl (C=O) groups excluding carboxylic acids is 2. The van der Waals surface area contributed by atoms with Gasteiger partial charge in [-0.25, -0.2) is 4.98 Å². The SMILES string of the molecule is CCC(=O)NCc1cnc2[nH]cc(-c3cncc(C(N)(C(=O)NCC(F)(F)F)C(C)C)c3)c2c1. The molecule has 3 rings (SSSR count). The van der Waals surface area contributed by atoms with Gasteiger partial charge < -0.3 is 21.4 Å². The van der Waals surface area contributed by atoms with Crippen LogP contribution in [-0.4, -0.2) is 39.5 Å². The Morgan fingerprint density at radius 1 is 1.15 bits per heavy atom. The standard InChI is InChI=1S/C23H27F3N6O2/c1-4-19(33)29-7-14-5-17-18(11-31-20(17)30-8-14)15-6-16(10-28-9-15)23(27,13(2)3)21(34)32-12-22(24,25)26/h5-6,8-11,13H,4,7,12,27H2,1-3H3,(H,29,33)(H,30,31)(H,32,34). The van der Waals surface area contributed by atoms with Crippen molar-refractivity contribution in [3.63, 3.8) is 0 Å². The van der Waals surface area contributed by atoms with Crippen LogP contribution in [0.4, 0.5) is 13.2 Å². The zero-order valence-electron chi connectivity index (χ0n) is 19.1. The van der Waals surface area contributed by atoms with Crippen LogP contribution in [0.15, 0.2) is 36.9 Å². The fraction of sp³-hybridized carbons (Fsp3) is 0.391. The molecule has 3 aromatic heterocycles. The van der Waals surface area contributed by atoms with Gasteiger partial charge >= 0.3 is 6.18 Å². The third-order valence-corrected chi connectivity index (χ3v) is 5.66. The summed E-state index contributed by atoms with van der Waals surface area (Å²) < 4.78 is 38.0. The van der Waals surface area contributed by atoms with Crippen molar-refractivity contribution in [2.75, 3.05) is 6.54 Å². The molecule has 2 amide bonds. The number of amides is 2. The van der Waals surface area contributed by atoms with Crippen LogP contribution < -0.4 is 16.4 Å². The highest BCUT2D eigenvalue weighted by atomic mass is 19.4. The second kappa shape index (κ2) is 9.80. The van der Waals surface area contributed by atoms with E-state index in [4.69, 9.17) is 5.73 Å². The van der Waals surface area contributed by atoms with E-state index in [1.165, 1.54) is 6.20 Å². The van der Waals surface area contributed by atoms with Gasteiger partial charge in [0, 0.05) is 59.8 Å². The van der Waals surface area contributed by atoms with E-state index in [1.54, 1.807) is 45.4 Å². The number of halogens is 3. The Balaban J connectivity index is 1.97. The first-order valence-electron chi connectivity index (χ1n) is 10.8. The van der Waals surface area contributed by atoms with Gasteiger partial charge in [-0.2, -0.15) is 13.2 Å². The molecule has 0 bridgehead atoms. The van der Waals surface area contributed by atoms with Crippen LogP contribution in [0, 0.1) is 5.92 Å². The van der Waals surface area contributed by atoms with Crippen molar-refractivity contribution < 1.29 is 22.8 Å². The number of aromatic amines is 1. The molecule has 5 N–H and O–H groups in total. The van der Waals surface area contributed by atoms with Crippen LogP contribution in [0.1, 0.15) is 38.3 Å². The van der Waals surface area contributed by atoms with Gasteiger partial charge in [0.05, 0.1) is 0 Å². The number of carbonyl (C=O) groups is 2. The average Bonchev–Trinajstić information content (AvgIpc) is 3.23. The minimum Gasteiger partial charge on any atom is -0.352 e. The molecule has 0 spiro atoms. The number of alkyl halides is 3. The molecule has 0 aliphatic rings. The summed E-state index contributed by atoms with van der Waals surface area (Å²) in [6, 6.07) is 3.53. The summed E-state index contributed by atoms with van der Waals surface area (Å²) in [7, 11) is 0. The largest absolute Gasteiger partial charge is 0.405 e. The molecule has 0 radical (unpaired) electrons. The predicted molar refractivity (Wildman–Crippen MR) is 121 cm³/mol. The molecule has 0 saturated carbocycles. The second-order valence-corrected chi connectivity index (χ2v) is 8.36. The van der Waals surface area contributed by atoms with E-state index in [0.29, 0.717) is 24.2 Å². The first-order chi connectivity index (χ1) is 16.0. The van der Waals surface area contributed by atoms with E-state index in [-0.39, 0.29) is 11.5 Å². The normalized spacial score (nSPS) is 13.6. The van der Waals surface area contributed by atoms with Gasteiger partial charge in [0.15, 0.2) is 0 Å². The molecule has 0 aromatic carbocycles. The fourth-order valence-electron chi connectivity index (χ4n) is 3.57. The lowest BCUT2D eigenvalue weighted by atomic mass is 9.80. The van der Waals surface area contributed by atoms with Crippen LogP contribution in [-0.2, 0) is 21.7 Å². The predicted octanol–water partition coefficient (Wildman–Crippen LogP) is 3.14. The summed E-state index contributed by atoms with van der Waals surface area (Å²) in [6.45, 7) is 3.92. The van der Waals surface area contributed by atoms with Crippen LogP contribution in [0.2, 0.25) is 0 Å². The van der Waals surface area contributed by atoms with E-state index in [0.717, 1.165) is 16.5 Å². The molecule has 0 saturated heterocycles. The van der Waals surface area contributed by atoms with Crippen molar-refractivity contribution in [1.29, 1.82) is 0 Å². The van der Waals surface area contributed by atoms with Gasteiger partial charge in [-0.3, -0.25) is 14.6 Å². The first kappa shape index (κ1) is 25.2. The van der Waals surface area contributed by atoms with Crippen molar-refractivity contribution in [3.8, 4) is 11.1 Å². The fourth-order valence-corrected chi connectivity index (χ4v) is 3.57. The number of nitrogens with two attached hydrogens (primary N) is 1. The monoisotopic (exact) mass is 476 g/mol. The Morgan fingerprint density at radius 3 is 2.53 bits per heavy atom. The average molecular weight is 477 g/mol. The van der Waals surface area contributed by atoms with Gasteiger partial charge in [-0.15, -0.1) is 0 Å². The molecular weight excluding hydrogens is 449 g/mol. The lowest BCUT2D eigenvalue weighted by Gasteiger charge is -2.32. The molecule has 8 nitrogen and oxygen atoms in total. The lowest BCUT2D eigenvalue weighted by Crippen LogP contribution is -2.56. The summed E-state index contributed by atoms with van der Waals surface area (Å²) in [5.41, 5.74) is 7.69. The molecule has 3 heterocycles. The maximum atomic E-state index is 12.7. The van der Waals surface area contributed by atoms with Crippen molar-refractivity contribution in [2.24, 2.45) is 11.7 Å². The van der Waals surface area contributed by atoms with E-state index in [1.807, 2.05) is 11.4 Å². The highest BCUT2D eigenvalue weighted by Crippen LogP contribution is 2.33. The topological polar surface area (TPSA) is 126 Å². The van der Waals surface area contributed by atoms with Gasteiger partial charge in [0.25, 0.3) is 0 Å². The number of pyridine rings is 2. The number of H-pyrrole nitrogens is 1. The number of aromatic nitrogens is 3. The van der Waals surface area contributed by atoms with Crippen LogP contribution in [0.3, 0.4) is 0 Å². The Labute approximate surface area is 194 Å². The number of hydrogen-bond donors (Lipinski definition) is 4. The molecule has 34 heavy (non-hydrogen) atoms. The molecule has 11 heteroatoms. The zero-order chi connectivity index (χ0) is 25.1. The van der Waals surface area contributed by atoms with Crippen molar-refractivity contribution in [2.45, 2.75) is 45.5 Å². The van der Waals surface area contributed by atoms with Crippen molar-refractivity contribution in [1.82, 2.24) is 25.6 Å². The Kier molecular flexibility index (Phi) is 7.25. The van der Waals surface area contributed by atoms with Gasteiger partial charge in [0.1, 0.15) is 17.7 Å². The number of nitrogens with one attached hydrogen (secondary N) is 3. The summed E-state index contributed by atoms with van der Waals surface area (Å²) in [5, 5.41) is 5.45. The lowest BCUT2D eigenvalue weighted by molar-refractivity contribution is -0.143. The summed E-state index contributed by atoms with van der Waals surface area (Å²) in [6.07, 6.45) is 2.16. The molecule has 1 atom stereocenters. The summed E-state index contributed by atoms with van der Waals surface area (Å²) in [5.74, 6) is -1.53. The van der Waals surface area contributed by atoms with E-state index in [9.17, 15) is 22.8 Å². The number of nitrogens with zero attached hydrogens (tertiary/aromatic N) is 2. The number of hydrogen-bond acceptors (Lipinski definition) is 5. The molecule has 0 aliphatic carbocycles. The maximum absolute atomic E-state index is 12.7. The maximum Gasteiger partial charge on any atom is 0.405 e. The van der Waals surface area contributed by atoms with Crippen molar-refractivity contribution >= 4 is 22.8 Å². The van der Waals surface area contributed by atoms with E-state index in [2.05, 4.69) is 20.3 Å². The van der Waals surface area contributed by atoms with Crippen molar-refractivity contribution in [3.05, 3.63) is 48.0 Å². The minimum absolute atomic E-state index is 0.0805. The van der Waals surface area contributed by atoms with Gasteiger partial charge in [-0.05, 0) is 23.6 Å². The molecule has 3 aromatic rings. The van der Waals surface area contributed by atoms with Crippen LogP contribution in [0.5, 0.6) is 0 Å². The minimum atomic E-state index is -4.56. The van der Waals surface area contributed by atoms with E-state index < -0.39 is 30.1 Å². The Bertz CT molecular complexity index is 1190. The molecule has 0 aliphatic heterocycles. The van der Waals surface area contributed by atoms with Crippen LogP contribution >= 0.6 is 0 Å². The van der Waals surface area contributed by atoms with Gasteiger partial charge in [0.2, 0.25) is 11.8 Å². The summed E-state index contributed by atoms with van der Waals surface area (Å²) >= 11 is 0. The molecular formula is C23H27F3N6O2. The number of fused-ring (bicyclic) bond motifs is 1. The summed E-state index contributed by atoms with van der Waals surface area (Å²) in [4.78, 5) is 36.0. The number of rotatable bonds is 8. The highest BCUT2D eigenvalue weighted by Gasteiger charge is 2.41. The Hall–Kier alpha value is -3.47. The highest BCUT2D eigenvalue weighted by molar-refractivity contribution is 5.94. The van der Waals surface area contributed by atoms with E-state index >= 15 is 0 Å². The molecule has 182 valence electrons. The third-order valence-electron chi connectivity index (χ3n) is 5.66.